The Morgan fingerprint density at radius 1 is 1.13 bits per heavy atom. The Morgan fingerprint density at radius 3 is 2.60 bits per heavy atom. The van der Waals surface area contributed by atoms with E-state index >= 15 is 0 Å². The van der Waals surface area contributed by atoms with Gasteiger partial charge in [-0.1, -0.05) is 34.1 Å². The summed E-state index contributed by atoms with van der Waals surface area (Å²) in [5, 5.41) is 8.98. The maximum Gasteiger partial charge on any atom is 0.178 e. The predicted octanol–water partition coefficient (Wildman–Crippen LogP) is 4.80. The number of sulfone groups is 1. The van der Waals surface area contributed by atoms with Crippen molar-refractivity contribution < 1.29 is 22.6 Å². The van der Waals surface area contributed by atoms with Crippen LogP contribution < -0.4 is 4.74 Å². The summed E-state index contributed by atoms with van der Waals surface area (Å²) in [4.78, 5) is 0.323. The second kappa shape index (κ2) is 10.4. The van der Waals surface area contributed by atoms with Crippen LogP contribution in [0.1, 0.15) is 37.4 Å². The third-order valence-electron chi connectivity index (χ3n) is 4.97. The van der Waals surface area contributed by atoms with E-state index < -0.39 is 16.1 Å². The Labute approximate surface area is 185 Å². The Bertz CT molecular complexity index is 990. The third-order valence-corrected chi connectivity index (χ3v) is 7.51. The second-order valence-corrected chi connectivity index (χ2v) is 9.98. The SMILES string of the molecule is COc1ccc(Br)c([C@@H]2OC(CCCS(=O)(=O)c3ccccc3)O[C@H]2CCC#N)c1. The molecule has 1 heterocycles. The lowest BCUT2D eigenvalue weighted by molar-refractivity contribution is -0.0714. The van der Waals surface area contributed by atoms with E-state index in [2.05, 4.69) is 22.0 Å². The molecule has 0 aliphatic carbocycles. The molecule has 0 radical (unpaired) electrons. The zero-order valence-corrected chi connectivity index (χ0v) is 19.1. The largest absolute Gasteiger partial charge is 0.497 e. The topological polar surface area (TPSA) is 85.6 Å². The van der Waals surface area contributed by atoms with Crippen LogP contribution in [0.2, 0.25) is 0 Å². The Balaban J connectivity index is 1.67. The van der Waals surface area contributed by atoms with Crippen molar-refractivity contribution in [3.05, 3.63) is 58.6 Å². The number of hydrogen-bond donors (Lipinski definition) is 0. The van der Waals surface area contributed by atoms with Crippen LogP contribution in [0, 0.1) is 11.3 Å². The zero-order valence-electron chi connectivity index (χ0n) is 16.7. The number of rotatable bonds is 9. The molecule has 0 aromatic heterocycles. The second-order valence-electron chi connectivity index (χ2n) is 7.02. The van der Waals surface area contributed by atoms with E-state index in [0.29, 0.717) is 36.3 Å². The van der Waals surface area contributed by atoms with Gasteiger partial charge in [-0.05, 0) is 49.6 Å². The fourth-order valence-electron chi connectivity index (χ4n) is 3.44. The van der Waals surface area contributed by atoms with Gasteiger partial charge in [0.15, 0.2) is 16.1 Å². The summed E-state index contributed by atoms with van der Waals surface area (Å²) < 4.78 is 43.3. The first-order valence-corrected chi connectivity index (χ1v) is 12.2. The smallest absolute Gasteiger partial charge is 0.178 e. The van der Waals surface area contributed by atoms with Crippen LogP contribution >= 0.6 is 15.9 Å². The van der Waals surface area contributed by atoms with Crippen molar-refractivity contribution in [3.63, 3.8) is 0 Å². The van der Waals surface area contributed by atoms with Gasteiger partial charge in [0.2, 0.25) is 0 Å². The minimum absolute atomic E-state index is 0.0244. The average Bonchev–Trinajstić information content (AvgIpc) is 3.15. The third kappa shape index (κ3) is 5.61. The molecular formula is C22H24BrNO5S. The van der Waals surface area contributed by atoms with Crippen LogP contribution in [0.15, 0.2) is 57.9 Å². The number of ether oxygens (including phenoxy) is 3. The number of halogens is 1. The predicted molar refractivity (Wildman–Crippen MR) is 116 cm³/mol. The van der Waals surface area contributed by atoms with E-state index in [4.69, 9.17) is 19.5 Å². The van der Waals surface area contributed by atoms with Gasteiger partial charge in [-0.25, -0.2) is 8.42 Å². The highest BCUT2D eigenvalue weighted by atomic mass is 79.9. The molecule has 0 bridgehead atoms. The van der Waals surface area contributed by atoms with Crippen molar-refractivity contribution in [1.82, 2.24) is 0 Å². The highest BCUT2D eigenvalue weighted by Crippen LogP contribution is 2.40. The highest BCUT2D eigenvalue weighted by molar-refractivity contribution is 9.10. The van der Waals surface area contributed by atoms with Gasteiger partial charge >= 0.3 is 0 Å². The number of methoxy groups -OCH3 is 1. The molecule has 2 aromatic carbocycles. The lowest BCUT2D eigenvalue weighted by atomic mass is 10.0. The van der Waals surface area contributed by atoms with Gasteiger partial charge in [0, 0.05) is 16.5 Å². The molecule has 1 saturated heterocycles. The van der Waals surface area contributed by atoms with Crippen LogP contribution in [0.5, 0.6) is 5.75 Å². The monoisotopic (exact) mass is 493 g/mol. The van der Waals surface area contributed by atoms with Crippen LogP contribution in [-0.4, -0.2) is 33.7 Å². The molecule has 160 valence electrons. The molecule has 1 unspecified atom stereocenters. The summed E-state index contributed by atoms with van der Waals surface area (Å²) in [6.07, 6.45) is 0.571. The molecule has 2 aromatic rings. The molecule has 1 aliphatic rings. The lowest BCUT2D eigenvalue weighted by Gasteiger charge is -2.18. The van der Waals surface area contributed by atoms with Crippen molar-refractivity contribution >= 4 is 25.8 Å². The number of nitrogens with zero attached hydrogens (tertiary/aromatic N) is 1. The van der Waals surface area contributed by atoms with Gasteiger partial charge in [0.25, 0.3) is 0 Å². The molecule has 0 spiro atoms. The zero-order chi connectivity index (χ0) is 21.6. The van der Waals surface area contributed by atoms with E-state index in [9.17, 15) is 8.42 Å². The number of hydrogen-bond acceptors (Lipinski definition) is 6. The van der Waals surface area contributed by atoms with E-state index in [1.165, 1.54) is 0 Å². The average molecular weight is 494 g/mol. The van der Waals surface area contributed by atoms with Crippen molar-refractivity contribution in [2.24, 2.45) is 0 Å². The first-order chi connectivity index (χ1) is 14.4. The van der Waals surface area contributed by atoms with E-state index in [1.54, 1.807) is 37.4 Å². The molecule has 1 aliphatic heterocycles. The molecular weight excluding hydrogens is 470 g/mol. The quantitative estimate of drug-likeness (QED) is 0.498. The molecule has 30 heavy (non-hydrogen) atoms. The van der Waals surface area contributed by atoms with Gasteiger partial charge in [0.05, 0.1) is 29.9 Å². The van der Waals surface area contributed by atoms with E-state index in [0.717, 1.165) is 10.0 Å². The Hall–Kier alpha value is -1.92. The molecule has 0 amide bonds. The molecule has 3 rings (SSSR count). The van der Waals surface area contributed by atoms with Crippen molar-refractivity contribution in [3.8, 4) is 11.8 Å². The first kappa shape index (κ1) is 22.8. The summed E-state index contributed by atoms with van der Waals surface area (Å²) in [5.41, 5.74) is 0.886. The van der Waals surface area contributed by atoms with Crippen LogP contribution in [-0.2, 0) is 19.3 Å². The number of benzene rings is 2. The van der Waals surface area contributed by atoms with Crippen molar-refractivity contribution in [1.29, 1.82) is 5.26 Å². The molecule has 6 nitrogen and oxygen atoms in total. The van der Waals surface area contributed by atoms with E-state index in [-0.39, 0.29) is 18.0 Å². The van der Waals surface area contributed by atoms with Crippen molar-refractivity contribution in [2.45, 2.75) is 49.1 Å². The molecule has 0 N–H and O–H groups in total. The number of nitriles is 1. The summed E-state index contributed by atoms with van der Waals surface area (Å²) in [5.74, 6) is 0.726. The van der Waals surface area contributed by atoms with Crippen LogP contribution in [0.25, 0.3) is 0 Å². The fraction of sp³-hybridized carbons (Fsp3) is 0.409. The Morgan fingerprint density at radius 2 is 1.90 bits per heavy atom. The van der Waals surface area contributed by atoms with Crippen molar-refractivity contribution in [2.75, 3.05) is 12.9 Å². The fourth-order valence-corrected chi connectivity index (χ4v) is 5.26. The molecule has 0 saturated carbocycles. The van der Waals surface area contributed by atoms with Gasteiger partial charge in [-0.15, -0.1) is 0 Å². The van der Waals surface area contributed by atoms with E-state index in [1.807, 2.05) is 18.2 Å². The minimum atomic E-state index is -3.34. The summed E-state index contributed by atoms with van der Waals surface area (Å²) in [6.45, 7) is 0. The molecule has 8 heteroatoms. The first-order valence-electron chi connectivity index (χ1n) is 9.73. The maximum atomic E-state index is 12.5. The Kier molecular flexibility index (Phi) is 7.89. The van der Waals surface area contributed by atoms with Crippen LogP contribution in [0.4, 0.5) is 0 Å². The highest BCUT2D eigenvalue weighted by Gasteiger charge is 2.37. The van der Waals surface area contributed by atoms with Crippen LogP contribution in [0.3, 0.4) is 0 Å². The maximum absolute atomic E-state index is 12.5. The molecule has 1 fully saturated rings. The summed E-state index contributed by atoms with van der Waals surface area (Å²) in [6, 6.07) is 16.2. The summed E-state index contributed by atoms with van der Waals surface area (Å²) in [7, 11) is -1.74. The lowest BCUT2D eigenvalue weighted by Crippen LogP contribution is -2.16. The molecule has 3 atom stereocenters. The van der Waals surface area contributed by atoms with Gasteiger partial charge in [-0.3, -0.25) is 0 Å². The van der Waals surface area contributed by atoms with Gasteiger partial charge < -0.3 is 14.2 Å². The van der Waals surface area contributed by atoms with Gasteiger partial charge in [-0.2, -0.15) is 5.26 Å². The standard InChI is InChI=1S/C22H24BrNO5S/c1-27-16-11-12-19(23)18(15-16)22-20(9-5-13-24)28-21(29-22)10-6-14-30(25,26)17-7-3-2-4-8-17/h2-4,7-8,11-12,15,20-22H,5-6,9-10,14H2,1H3/t20-,21?,22-/m0/s1. The van der Waals surface area contributed by atoms with Gasteiger partial charge in [0.1, 0.15) is 11.9 Å². The summed E-state index contributed by atoms with van der Waals surface area (Å²) >= 11 is 3.55. The normalized spacial score (nSPS) is 21.3. The minimum Gasteiger partial charge on any atom is -0.497 e.